The van der Waals surface area contributed by atoms with Crippen molar-refractivity contribution >= 4 is 5.91 Å². The van der Waals surface area contributed by atoms with E-state index < -0.39 is 0 Å². The van der Waals surface area contributed by atoms with Crippen LogP contribution in [-0.4, -0.2) is 50.2 Å². The predicted molar refractivity (Wildman–Crippen MR) is 64.3 cm³/mol. The first-order valence-corrected chi connectivity index (χ1v) is 6.07. The zero-order valence-electron chi connectivity index (χ0n) is 10.8. The highest BCUT2D eigenvalue weighted by molar-refractivity contribution is 5.80. The summed E-state index contributed by atoms with van der Waals surface area (Å²) in [6.07, 6.45) is 2.19. The lowest BCUT2D eigenvalue weighted by molar-refractivity contribution is -0.130. The van der Waals surface area contributed by atoms with E-state index in [1.54, 1.807) is 19.0 Å². The topological polar surface area (TPSA) is 41.6 Å². The van der Waals surface area contributed by atoms with E-state index in [1.165, 1.54) is 0 Å². The van der Waals surface area contributed by atoms with Gasteiger partial charge in [0.15, 0.2) is 0 Å². The SMILES string of the molecule is CC(N[C@H](C)C(=O)N(C)C)C1CCOCC1. The minimum atomic E-state index is -0.104. The first-order chi connectivity index (χ1) is 7.52. The van der Waals surface area contributed by atoms with Crippen LogP contribution in [0.4, 0.5) is 0 Å². The van der Waals surface area contributed by atoms with Crippen LogP contribution in [0.15, 0.2) is 0 Å². The molecule has 0 radical (unpaired) electrons. The number of likely N-dealkylation sites (N-methyl/N-ethyl adjacent to an activating group) is 1. The van der Waals surface area contributed by atoms with Gasteiger partial charge in [0.1, 0.15) is 0 Å². The molecule has 0 aliphatic carbocycles. The van der Waals surface area contributed by atoms with Gasteiger partial charge in [-0.2, -0.15) is 0 Å². The van der Waals surface area contributed by atoms with E-state index in [0.717, 1.165) is 26.1 Å². The fourth-order valence-electron chi connectivity index (χ4n) is 2.20. The third kappa shape index (κ3) is 3.76. The molecule has 1 amide bonds. The van der Waals surface area contributed by atoms with Crippen LogP contribution in [-0.2, 0) is 9.53 Å². The van der Waals surface area contributed by atoms with Crippen LogP contribution in [0.1, 0.15) is 26.7 Å². The van der Waals surface area contributed by atoms with Crippen molar-refractivity contribution in [2.75, 3.05) is 27.3 Å². The summed E-state index contributed by atoms with van der Waals surface area (Å²) >= 11 is 0. The number of carbonyl (C=O) groups excluding carboxylic acids is 1. The normalized spacial score (nSPS) is 21.5. The zero-order chi connectivity index (χ0) is 12.1. The highest BCUT2D eigenvalue weighted by atomic mass is 16.5. The number of hydrogen-bond donors (Lipinski definition) is 1. The molecule has 1 saturated heterocycles. The lowest BCUT2D eigenvalue weighted by Crippen LogP contribution is -2.48. The average molecular weight is 228 g/mol. The van der Waals surface area contributed by atoms with Crippen molar-refractivity contribution in [3.63, 3.8) is 0 Å². The lowest BCUT2D eigenvalue weighted by atomic mass is 9.92. The van der Waals surface area contributed by atoms with Crippen LogP contribution in [0, 0.1) is 5.92 Å². The number of amides is 1. The fourth-order valence-corrected chi connectivity index (χ4v) is 2.20. The van der Waals surface area contributed by atoms with Gasteiger partial charge in [0.25, 0.3) is 0 Å². The lowest BCUT2D eigenvalue weighted by Gasteiger charge is -2.31. The molecule has 0 saturated carbocycles. The summed E-state index contributed by atoms with van der Waals surface area (Å²) < 4.78 is 5.34. The Morgan fingerprint density at radius 1 is 1.31 bits per heavy atom. The zero-order valence-corrected chi connectivity index (χ0v) is 10.8. The van der Waals surface area contributed by atoms with E-state index in [1.807, 2.05) is 6.92 Å². The van der Waals surface area contributed by atoms with Gasteiger partial charge < -0.3 is 15.0 Å². The Morgan fingerprint density at radius 2 is 1.88 bits per heavy atom. The number of carbonyl (C=O) groups is 1. The monoisotopic (exact) mass is 228 g/mol. The van der Waals surface area contributed by atoms with Crippen molar-refractivity contribution in [3.05, 3.63) is 0 Å². The largest absolute Gasteiger partial charge is 0.381 e. The minimum absolute atomic E-state index is 0.104. The van der Waals surface area contributed by atoms with Crippen molar-refractivity contribution in [1.82, 2.24) is 10.2 Å². The van der Waals surface area contributed by atoms with E-state index in [2.05, 4.69) is 12.2 Å². The quantitative estimate of drug-likeness (QED) is 0.776. The average Bonchev–Trinajstić information content (AvgIpc) is 2.28. The first kappa shape index (κ1) is 13.5. The molecule has 4 nitrogen and oxygen atoms in total. The minimum Gasteiger partial charge on any atom is -0.381 e. The Bertz CT molecular complexity index is 225. The van der Waals surface area contributed by atoms with Crippen molar-refractivity contribution < 1.29 is 9.53 Å². The van der Waals surface area contributed by atoms with Crippen molar-refractivity contribution in [2.45, 2.75) is 38.8 Å². The highest BCUT2D eigenvalue weighted by Gasteiger charge is 2.24. The molecule has 1 aliphatic rings. The third-order valence-electron chi connectivity index (χ3n) is 3.30. The molecular formula is C12H24N2O2. The van der Waals surface area contributed by atoms with E-state index in [0.29, 0.717) is 12.0 Å². The van der Waals surface area contributed by atoms with Gasteiger partial charge in [-0.3, -0.25) is 4.79 Å². The van der Waals surface area contributed by atoms with Crippen LogP contribution in [0.2, 0.25) is 0 Å². The molecular weight excluding hydrogens is 204 g/mol. The first-order valence-electron chi connectivity index (χ1n) is 6.07. The maximum Gasteiger partial charge on any atom is 0.238 e. The summed E-state index contributed by atoms with van der Waals surface area (Å²) in [5, 5.41) is 3.38. The summed E-state index contributed by atoms with van der Waals surface area (Å²) in [6, 6.07) is 0.274. The van der Waals surface area contributed by atoms with Crippen LogP contribution in [0.25, 0.3) is 0 Å². The molecule has 0 spiro atoms. The van der Waals surface area contributed by atoms with E-state index in [9.17, 15) is 4.79 Å². The molecule has 94 valence electrons. The standard InChI is InChI=1S/C12H24N2O2/c1-9(11-5-7-16-8-6-11)13-10(2)12(15)14(3)4/h9-11,13H,5-8H2,1-4H3/t9?,10-/m1/s1. The Kier molecular flexibility index (Phi) is 5.22. The van der Waals surface area contributed by atoms with Gasteiger partial charge in [-0.05, 0) is 32.6 Å². The summed E-state index contributed by atoms with van der Waals surface area (Å²) in [4.78, 5) is 13.3. The second-order valence-corrected chi connectivity index (χ2v) is 4.86. The Hall–Kier alpha value is -0.610. The molecule has 2 atom stereocenters. The molecule has 4 heteroatoms. The molecule has 1 aliphatic heterocycles. The number of nitrogens with zero attached hydrogens (tertiary/aromatic N) is 1. The Balaban J connectivity index is 2.37. The molecule has 0 aromatic rings. The van der Waals surface area contributed by atoms with Gasteiger partial charge in [-0.15, -0.1) is 0 Å². The van der Waals surface area contributed by atoms with E-state index in [4.69, 9.17) is 4.74 Å². The maximum atomic E-state index is 11.7. The summed E-state index contributed by atoms with van der Waals surface area (Å²) in [6.45, 7) is 5.80. The van der Waals surface area contributed by atoms with Crippen molar-refractivity contribution in [2.24, 2.45) is 5.92 Å². The predicted octanol–water partition coefficient (Wildman–Crippen LogP) is 0.868. The molecule has 0 aromatic carbocycles. The molecule has 1 fully saturated rings. The smallest absolute Gasteiger partial charge is 0.238 e. The molecule has 1 unspecified atom stereocenters. The summed E-state index contributed by atoms with van der Waals surface area (Å²) in [7, 11) is 3.58. The van der Waals surface area contributed by atoms with Crippen LogP contribution >= 0.6 is 0 Å². The third-order valence-corrected chi connectivity index (χ3v) is 3.30. The number of hydrogen-bond acceptors (Lipinski definition) is 3. The van der Waals surface area contributed by atoms with Crippen molar-refractivity contribution in [1.29, 1.82) is 0 Å². The van der Waals surface area contributed by atoms with Gasteiger partial charge in [0.2, 0.25) is 5.91 Å². The number of ether oxygens (including phenoxy) is 1. The van der Waals surface area contributed by atoms with Crippen LogP contribution in [0.5, 0.6) is 0 Å². The summed E-state index contributed by atoms with van der Waals surface area (Å²) in [5.41, 5.74) is 0. The van der Waals surface area contributed by atoms with Gasteiger partial charge in [-0.1, -0.05) is 0 Å². The van der Waals surface area contributed by atoms with Crippen molar-refractivity contribution in [3.8, 4) is 0 Å². The molecule has 1 heterocycles. The molecule has 0 bridgehead atoms. The number of nitrogens with one attached hydrogen (secondary N) is 1. The molecule has 1 rings (SSSR count). The van der Waals surface area contributed by atoms with Crippen LogP contribution in [0.3, 0.4) is 0 Å². The van der Waals surface area contributed by atoms with E-state index >= 15 is 0 Å². The van der Waals surface area contributed by atoms with Gasteiger partial charge in [-0.25, -0.2) is 0 Å². The van der Waals surface area contributed by atoms with E-state index in [-0.39, 0.29) is 11.9 Å². The highest BCUT2D eigenvalue weighted by Crippen LogP contribution is 2.18. The van der Waals surface area contributed by atoms with Gasteiger partial charge in [0.05, 0.1) is 6.04 Å². The van der Waals surface area contributed by atoms with Gasteiger partial charge in [0, 0.05) is 33.4 Å². The maximum absolute atomic E-state index is 11.7. The summed E-state index contributed by atoms with van der Waals surface area (Å²) in [5.74, 6) is 0.769. The molecule has 1 N–H and O–H groups in total. The second kappa shape index (κ2) is 6.21. The van der Waals surface area contributed by atoms with Crippen LogP contribution < -0.4 is 5.32 Å². The fraction of sp³-hybridized carbons (Fsp3) is 0.917. The second-order valence-electron chi connectivity index (χ2n) is 4.86. The number of rotatable bonds is 4. The molecule has 0 aromatic heterocycles. The Morgan fingerprint density at radius 3 is 2.38 bits per heavy atom. The molecule has 16 heavy (non-hydrogen) atoms. The Labute approximate surface area is 98.3 Å². The van der Waals surface area contributed by atoms with Gasteiger partial charge >= 0.3 is 0 Å².